The first-order valence-electron chi connectivity index (χ1n) is 5.34. The van der Waals surface area contributed by atoms with Gasteiger partial charge in [-0.2, -0.15) is 0 Å². The Kier molecular flexibility index (Phi) is 4.26. The first kappa shape index (κ1) is 13.2. The van der Waals surface area contributed by atoms with Crippen molar-refractivity contribution in [1.29, 1.82) is 0 Å². The summed E-state index contributed by atoms with van der Waals surface area (Å²) in [5.74, 6) is 5.88. The molecule has 98 valence electrons. The van der Waals surface area contributed by atoms with E-state index in [0.717, 1.165) is 5.56 Å². The maximum Gasteiger partial charge on any atom is 0.269 e. The third-order valence-electron chi connectivity index (χ3n) is 2.35. The number of nitrogen functional groups attached to an aromatic ring is 1. The van der Waals surface area contributed by atoms with Crippen LogP contribution in [-0.4, -0.2) is 14.9 Å². The van der Waals surface area contributed by atoms with Gasteiger partial charge < -0.3 is 5.43 Å². The average Bonchev–Trinajstić information content (AvgIpc) is 2.45. The standard InChI is InChI=1S/C11H11N5O2S/c12-15-10-3-2-9(16(17)18)6-8(10)7-19-11-13-4-1-5-14-11/h1-6,15H,7,12H2. The average molecular weight is 277 g/mol. The lowest BCUT2D eigenvalue weighted by molar-refractivity contribution is -0.384. The maximum atomic E-state index is 10.7. The molecule has 1 aromatic carbocycles. The van der Waals surface area contributed by atoms with E-state index in [1.807, 2.05) is 0 Å². The third-order valence-corrected chi connectivity index (χ3v) is 3.28. The van der Waals surface area contributed by atoms with Crippen LogP contribution >= 0.6 is 11.8 Å². The number of benzene rings is 1. The molecule has 0 spiro atoms. The number of anilines is 1. The first-order chi connectivity index (χ1) is 9.20. The predicted octanol–water partition coefficient (Wildman–Crippen LogP) is 1.96. The van der Waals surface area contributed by atoms with Crippen LogP contribution in [0.3, 0.4) is 0 Å². The van der Waals surface area contributed by atoms with E-state index in [1.165, 1.54) is 23.9 Å². The van der Waals surface area contributed by atoms with Gasteiger partial charge in [0, 0.05) is 30.3 Å². The second-order valence-corrected chi connectivity index (χ2v) is 4.51. The Labute approximate surface area is 113 Å². The number of nitro groups is 1. The molecule has 0 saturated carbocycles. The van der Waals surface area contributed by atoms with E-state index in [-0.39, 0.29) is 5.69 Å². The van der Waals surface area contributed by atoms with E-state index >= 15 is 0 Å². The molecule has 19 heavy (non-hydrogen) atoms. The van der Waals surface area contributed by atoms with Crippen LogP contribution < -0.4 is 11.3 Å². The van der Waals surface area contributed by atoms with Gasteiger partial charge in [-0.05, 0) is 17.7 Å². The number of hydrogen-bond donors (Lipinski definition) is 2. The molecule has 0 unspecified atom stereocenters. The molecule has 0 aliphatic carbocycles. The minimum Gasteiger partial charge on any atom is -0.324 e. The highest BCUT2D eigenvalue weighted by atomic mass is 32.2. The van der Waals surface area contributed by atoms with Gasteiger partial charge in [-0.25, -0.2) is 9.97 Å². The predicted molar refractivity (Wildman–Crippen MR) is 72.5 cm³/mol. The fourth-order valence-corrected chi connectivity index (χ4v) is 2.25. The summed E-state index contributed by atoms with van der Waals surface area (Å²) in [5.41, 5.74) is 3.93. The smallest absolute Gasteiger partial charge is 0.269 e. The molecule has 0 aliphatic rings. The van der Waals surface area contributed by atoms with Gasteiger partial charge >= 0.3 is 0 Å². The SMILES string of the molecule is NNc1ccc([N+](=O)[O-])cc1CSc1ncccn1. The van der Waals surface area contributed by atoms with Crippen LogP contribution in [-0.2, 0) is 5.75 Å². The van der Waals surface area contributed by atoms with Crippen LogP contribution in [0.2, 0.25) is 0 Å². The van der Waals surface area contributed by atoms with Gasteiger partial charge in [-0.1, -0.05) is 11.8 Å². The molecule has 0 atom stereocenters. The van der Waals surface area contributed by atoms with Crippen molar-refractivity contribution < 1.29 is 4.92 Å². The van der Waals surface area contributed by atoms with Gasteiger partial charge in [0.1, 0.15) is 0 Å². The summed E-state index contributed by atoms with van der Waals surface area (Å²) in [5, 5.41) is 11.4. The zero-order valence-electron chi connectivity index (χ0n) is 9.81. The lowest BCUT2D eigenvalue weighted by Gasteiger charge is -2.07. The zero-order valence-corrected chi connectivity index (χ0v) is 10.6. The number of thioether (sulfide) groups is 1. The van der Waals surface area contributed by atoms with Crippen LogP contribution in [0.25, 0.3) is 0 Å². The summed E-state index contributed by atoms with van der Waals surface area (Å²) in [6, 6.07) is 6.21. The molecule has 7 nitrogen and oxygen atoms in total. The molecular formula is C11H11N5O2S. The number of nitro benzene ring substituents is 1. The van der Waals surface area contributed by atoms with Crippen LogP contribution in [0.5, 0.6) is 0 Å². The number of rotatable bonds is 5. The van der Waals surface area contributed by atoms with Crippen molar-refractivity contribution in [1.82, 2.24) is 9.97 Å². The van der Waals surface area contributed by atoms with Crippen LogP contribution in [0.4, 0.5) is 11.4 Å². The Balaban J connectivity index is 2.18. The molecule has 1 heterocycles. The first-order valence-corrected chi connectivity index (χ1v) is 6.33. The number of nitrogens with zero attached hydrogens (tertiary/aromatic N) is 3. The van der Waals surface area contributed by atoms with Crippen molar-refractivity contribution in [3.05, 3.63) is 52.3 Å². The number of hydrogen-bond acceptors (Lipinski definition) is 7. The Morgan fingerprint density at radius 2 is 2.11 bits per heavy atom. The van der Waals surface area contributed by atoms with Crippen LogP contribution in [0.15, 0.2) is 41.8 Å². The van der Waals surface area contributed by atoms with Crippen molar-refractivity contribution in [2.75, 3.05) is 5.43 Å². The molecule has 3 N–H and O–H groups in total. The monoisotopic (exact) mass is 277 g/mol. The molecule has 0 aliphatic heterocycles. The molecular weight excluding hydrogens is 266 g/mol. The van der Waals surface area contributed by atoms with E-state index in [0.29, 0.717) is 16.6 Å². The fourth-order valence-electron chi connectivity index (χ4n) is 1.46. The van der Waals surface area contributed by atoms with Crippen molar-refractivity contribution in [2.24, 2.45) is 5.84 Å². The van der Waals surface area contributed by atoms with Crippen molar-refractivity contribution >= 4 is 23.1 Å². The highest BCUT2D eigenvalue weighted by Gasteiger charge is 2.11. The van der Waals surface area contributed by atoms with Crippen molar-refractivity contribution in [3.8, 4) is 0 Å². The lowest BCUT2D eigenvalue weighted by Crippen LogP contribution is -2.09. The van der Waals surface area contributed by atoms with Gasteiger partial charge in [0.2, 0.25) is 0 Å². The molecule has 0 radical (unpaired) electrons. The number of hydrazine groups is 1. The summed E-state index contributed by atoms with van der Waals surface area (Å²) in [4.78, 5) is 18.5. The summed E-state index contributed by atoms with van der Waals surface area (Å²) >= 11 is 1.38. The zero-order chi connectivity index (χ0) is 13.7. The summed E-state index contributed by atoms with van der Waals surface area (Å²) in [6.45, 7) is 0. The summed E-state index contributed by atoms with van der Waals surface area (Å²) in [6.07, 6.45) is 3.29. The Bertz CT molecular complexity index is 579. The minimum atomic E-state index is -0.437. The largest absolute Gasteiger partial charge is 0.324 e. The molecule has 0 bridgehead atoms. The third kappa shape index (κ3) is 3.39. The van der Waals surface area contributed by atoms with E-state index in [1.54, 1.807) is 24.5 Å². The van der Waals surface area contributed by atoms with Gasteiger partial charge in [0.05, 0.1) is 10.6 Å². The van der Waals surface area contributed by atoms with Crippen LogP contribution in [0.1, 0.15) is 5.56 Å². The number of non-ortho nitro benzene ring substituents is 1. The van der Waals surface area contributed by atoms with Crippen molar-refractivity contribution in [3.63, 3.8) is 0 Å². The molecule has 0 saturated heterocycles. The van der Waals surface area contributed by atoms with Gasteiger partial charge in [-0.3, -0.25) is 16.0 Å². The molecule has 2 rings (SSSR count). The summed E-state index contributed by atoms with van der Waals surface area (Å²) < 4.78 is 0. The van der Waals surface area contributed by atoms with Gasteiger partial charge in [0.15, 0.2) is 5.16 Å². The minimum absolute atomic E-state index is 0.0311. The molecule has 2 aromatic rings. The molecule has 8 heteroatoms. The molecule has 0 fully saturated rings. The van der Waals surface area contributed by atoms with Crippen molar-refractivity contribution in [2.45, 2.75) is 10.9 Å². The van der Waals surface area contributed by atoms with E-state index in [4.69, 9.17) is 5.84 Å². The maximum absolute atomic E-state index is 10.7. The van der Waals surface area contributed by atoms with Gasteiger partial charge in [0.25, 0.3) is 5.69 Å². The summed E-state index contributed by atoms with van der Waals surface area (Å²) in [7, 11) is 0. The quantitative estimate of drug-likeness (QED) is 0.283. The number of nitrogens with two attached hydrogens (primary N) is 1. The highest BCUT2D eigenvalue weighted by Crippen LogP contribution is 2.27. The molecule has 0 amide bonds. The highest BCUT2D eigenvalue weighted by molar-refractivity contribution is 7.98. The van der Waals surface area contributed by atoms with Gasteiger partial charge in [-0.15, -0.1) is 0 Å². The normalized spacial score (nSPS) is 10.2. The molecule has 1 aromatic heterocycles. The fraction of sp³-hybridized carbons (Fsp3) is 0.0909. The Morgan fingerprint density at radius 3 is 2.74 bits per heavy atom. The topological polar surface area (TPSA) is 107 Å². The van der Waals surface area contributed by atoms with E-state index in [2.05, 4.69) is 15.4 Å². The van der Waals surface area contributed by atoms with E-state index in [9.17, 15) is 10.1 Å². The Hall–Kier alpha value is -2.19. The number of nitrogens with one attached hydrogen (secondary N) is 1. The van der Waals surface area contributed by atoms with Crippen LogP contribution in [0, 0.1) is 10.1 Å². The second-order valence-electron chi connectivity index (χ2n) is 3.56. The second kappa shape index (κ2) is 6.12. The van der Waals surface area contributed by atoms with E-state index < -0.39 is 4.92 Å². The lowest BCUT2D eigenvalue weighted by atomic mass is 10.2. The number of aromatic nitrogens is 2. The Morgan fingerprint density at radius 1 is 1.37 bits per heavy atom.